The second-order valence-corrected chi connectivity index (χ2v) is 4.32. The van der Waals surface area contributed by atoms with E-state index in [1.165, 1.54) is 27.4 Å². The Hall–Kier alpha value is -0.823. The lowest BCUT2D eigenvalue weighted by molar-refractivity contribution is 0.983. The zero-order valence-corrected chi connectivity index (χ0v) is 9.67. The smallest absolute Gasteiger partial charge is 0.00397 e. The highest BCUT2D eigenvalue weighted by Crippen LogP contribution is 2.32. The van der Waals surface area contributed by atoms with Crippen LogP contribution in [0.3, 0.4) is 0 Å². The van der Waals surface area contributed by atoms with E-state index in [2.05, 4.69) is 37.3 Å². The number of hydrogen-bond donors (Lipinski definition) is 0. The molecule has 0 nitrogen and oxygen atoms in total. The zero-order valence-electron chi connectivity index (χ0n) is 7.67. The molecule has 0 saturated carbocycles. The lowest BCUT2D eigenvalue weighted by Gasteiger charge is -2.08. The minimum Gasteiger partial charge on any atom is -0.0767 e. The fraction of sp³-hybridized carbons (Fsp3) is 0.273. The van der Waals surface area contributed by atoms with Crippen molar-refractivity contribution >= 4 is 16.3 Å². The minimum absolute atomic E-state index is 0.728. The molecule has 0 bridgehead atoms. The van der Waals surface area contributed by atoms with Gasteiger partial charge in [0.25, 0.3) is 0 Å². The van der Waals surface area contributed by atoms with Gasteiger partial charge < -0.3 is 0 Å². The van der Waals surface area contributed by atoms with Crippen molar-refractivity contribution in [2.75, 3.05) is 0 Å². The van der Waals surface area contributed by atoms with Gasteiger partial charge in [0.2, 0.25) is 0 Å². The van der Waals surface area contributed by atoms with Crippen molar-refractivity contribution in [2.45, 2.75) is 18.9 Å². The fourth-order valence-electron chi connectivity index (χ4n) is 1.85. The van der Waals surface area contributed by atoms with Gasteiger partial charge >= 0.3 is 0 Å². The first-order valence-electron chi connectivity index (χ1n) is 4.60. The average molecular weight is 174 g/mol. The van der Waals surface area contributed by atoms with Gasteiger partial charge in [-0.05, 0) is 24.0 Å². The summed E-state index contributed by atoms with van der Waals surface area (Å²) in [5, 5.41) is 0. The van der Waals surface area contributed by atoms with Gasteiger partial charge in [0.05, 0.1) is 0 Å². The molecule has 1 unspecified atom stereocenters. The van der Waals surface area contributed by atoms with Crippen molar-refractivity contribution in [1.82, 2.24) is 0 Å². The van der Waals surface area contributed by atoms with Crippen molar-refractivity contribution < 1.29 is 0 Å². The molecule has 62 valence electrons. The van der Waals surface area contributed by atoms with Gasteiger partial charge in [0.15, 0.2) is 0 Å². The number of rotatable bonds is 1. The summed E-state index contributed by atoms with van der Waals surface area (Å²) in [5.41, 5.74) is 4.36. The molecule has 0 spiro atoms. The second kappa shape index (κ2) is 2.90. The van der Waals surface area contributed by atoms with E-state index in [1.807, 2.05) is 0 Å². The summed E-state index contributed by atoms with van der Waals surface area (Å²) < 4.78 is 0. The first-order chi connectivity index (χ1) is 5.81. The largest absolute Gasteiger partial charge is 0.0767 e. The molecule has 2 rings (SSSR count). The maximum Gasteiger partial charge on any atom is 0.00397 e. The second-order valence-electron chi connectivity index (χ2n) is 3.51. The highest BCUT2D eigenvalue weighted by Gasteiger charge is 2.14. The van der Waals surface area contributed by atoms with Gasteiger partial charge in [-0.25, -0.2) is 0 Å². The van der Waals surface area contributed by atoms with E-state index in [1.54, 1.807) is 5.56 Å². The number of fused-ring (bicyclic) bond motifs is 1. The fourth-order valence-corrected chi connectivity index (χ4v) is 2.56. The van der Waals surface area contributed by atoms with Crippen LogP contribution in [-0.2, 0) is 0 Å². The van der Waals surface area contributed by atoms with Crippen LogP contribution in [0, 0.1) is 6.92 Å². The summed E-state index contributed by atoms with van der Waals surface area (Å²) in [6.07, 6.45) is 4.61. The van der Waals surface area contributed by atoms with Crippen molar-refractivity contribution in [3.05, 3.63) is 41.0 Å². The molecule has 1 aliphatic rings. The molecular formula is C11H14Si. The van der Waals surface area contributed by atoms with Crippen LogP contribution in [0.5, 0.6) is 0 Å². The number of aryl methyl sites for hydroxylation is 1. The monoisotopic (exact) mass is 174 g/mol. The van der Waals surface area contributed by atoms with Gasteiger partial charge in [0, 0.05) is 10.2 Å². The molecule has 0 radical (unpaired) electrons. The van der Waals surface area contributed by atoms with E-state index >= 15 is 0 Å². The van der Waals surface area contributed by atoms with E-state index in [-0.39, 0.29) is 0 Å². The summed E-state index contributed by atoms with van der Waals surface area (Å²) in [6.45, 7) is 2.17. The quantitative estimate of drug-likeness (QED) is 0.570. The van der Waals surface area contributed by atoms with Crippen LogP contribution in [0.2, 0.25) is 6.04 Å². The predicted octanol–water partition coefficient (Wildman–Crippen LogP) is 1.89. The van der Waals surface area contributed by atoms with Crippen LogP contribution in [0.1, 0.15) is 22.6 Å². The molecule has 0 amide bonds. The zero-order chi connectivity index (χ0) is 8.55. The summed E-state index contributed by atoms with van der Waals surface area (Å²) in [5.74, 6) is 0.728. The Morgan fingerprint density at radius 1 is 1.42 bits per heavy atom. The van der Waals surface area contributed by atoms with Gasteiger partial charge in [-0.15, -0.1) is 0 Å². The third-order valence-electron chi connectivity index (χ3n) is 2.59. The lowest BCUT2D eigenvalue weighted by atomic mass is 10.0. The highest BCUT2D eigenvalue weighted by atomic mass is 28.1. The number of benzene rings is 1. The molecule has 0 N–H and O–H groups in total. The molecule has 1 heteroatoms. The van der Waals surface area contributed by atoms with Gasteiger partial charge in [-0.3, -0.25) is 0 Å². The van der Waals surface area contributed by atoms with Crippen LogP contribution >= 0.6 is 0 Å². The topological polar surface area (TPSA) is 0 Å². The van der Waals surface area contributed by atoms with Crippen molar-refractivity contribution in [1.29, 1.82) is 0 Å². The standard InChI is InChI=1S/C11H14Si/c1-8-2-3-9-4-5-10(7-12)11(9)6-8/h2-6,10H,7H2,1,12H3. The molecular weight excluding hydrogens is 160 g/mol. The van der Waals surface area contributed by atoms with Gasteiger partial charge in [-0.2, -0.15) is 0 Å². The van der Waals surface area contributed by atoms with E-state index in [0.29, 0.717) is 0 Å². The first-order valence-corrected chi connectivity index (χ1v) is 6.01. The summed E-state index contributed by atoms with van der Waals surface area (Å²) >= 11 is 0. The van der Waals surface area contributed by atoms with Crippen LogP contribution in [-0.4, -0.2) is 10.2 Å². The molecule has 1 atom stereocenters. The molecule has 0 aromatic heterocycles. The van der Waals surface area contributed by atoms with E-state index < -0.39 is 0 Å². The molecule has 1 aromatic rings. The van der Waals surface area contributed by atoms with Gasteiger partial charge in [-0.1, -0.05) is 42.0 Å². The van der Waals surface area contributed by atoms with Crippen LogP contribution in [0.15, 0.2) is 24.3 Å². The van der Waals surface area contributed by atoms with Crippen molar-refractivity contribution in [3.8, 4) is 0 Å². The van der Waals surface area contributed by atoms with Crippen LogP contribution < -0.4 is 0 Å². The minimum atomic E-state index is 0.728. The molecule has 0 aliphatic heterocycles. The normalized spacial score (nSPS) is 19.9. The maximum atomic E-state index is 2.34. The Bertz CT molecular complexity index is 326. The van der Waals surface area contributed by atoms with E-state index in [0.717, 1.165) is 5.92 Å². The number of hydrogen-bond acceptors (Lipinski definition) is 0. The molecule has 0 saturated heterocycles. The molecule has 1 aromatic carbocycles. The first kappa shape index (κ1) is 7.81. The Labute approximate surface area is 76.7 Å². The maximum absolute atomic E-state index is 2.34. The molecule has 12 heavy (non-hydrogen) atoms. The summed E-state index contributed by atoms with van der Waals surface area (Å²) in [4.78, 5) is 0. The third-order valence-corrected chi connectivity index (χ3v) is 3.47. The van der Waals surface area contributed by atoms with E-state index in [4.69, 9.17) is 0 Å². The molecule has 0 fully saturated rings. The Morgan fingerprint density at radius 2 is 2.25 bits per heavy atom. The predicted molar refractivity (Wildman–Crippen MR) is 57.7 cm³/mol. The van der Waals surface area contributed by atoms with Crippen molar-refractivity contribution in [3.63, 3.8) is 0 Å². The summed E-state index contributed by atoms with van der Waals surface area (Å²) in [7, 11) is 1.30. The Morgan fingerprint density at radius 3 is 3.00 bits per heavy atom. The SMILES string of the molecule is Cc1ccc2c(c1)C(C[SiH3])C=C2. The van der Waals surface area contributed by atoms with Gasteiger partial charge in [0.1, 0.15) is 0 Å². The average Bonchev–Trinajstić information content (AvgIpc) is 2.46. The summed E-state index contributed by atoms with van der Waals surface area (Å²) in [6, 6.07) is 8.11. The highest BCUT2D eigenvalue weighted by molar-refractivity contribution is 6.09. The van der Waals surface area contributed by atoms with Crippen LogP contribution in [0.25, 0.3) is 6.08 Å². The Kier molecular flexibility index (Phi) is 1.89. The van der Waals surface area contributed by atoms with E-state index in [9.17, 15) is 0 Å². The third kappa shape index (κ3) is 1.14. The van der Waals surface area contributed by atoms with Crippen LogP contribution in [0.4, 0.5) is 0 Å². The number of allylic oxidation sites excluding steroid dienone is 1. The molecule has 1 aliphatic carbocycles. The van der Waals surface area contributed by atoms with Crippen molar-refractivity contribution in [2.24, 2.45) is 0 Å². The Balaban J connectivity index is 2.48. The molecule has 0 heterocycles. The lowest BCUT2D eigenvalue weighted by Crippen LogP contribution is -1.92.